The van der Waals surface area contributed by atoms with Crippen molar-refractivity contribution in [1.29, 1.82) is 0 Å². The third-order valence-corrected chi connectivity index (χ3v) is 3.06. The van der Waals surface area contributed by atoms with Gasteiger partial charge in [0.15, 0.2) is 0 Å². The molecule has 0 amide bonds. The number of carboxylic acid groups (broad SMARTS) is 1. The Bertz CT molecular complexity index is 512. The van der Waals surface area contributed by atoms with Crippen molar-refractivity contribution >= 4 is 11.7 Å². The van der Waals surface area contributed by atoms with E-state index >= 15 is 0 Å². The zero-order chi connectivity index (χ0) is 12.0. The molecule has 0 bridgehead atoms. The highest BCUT2D eigenvalue weighted by atomic mass is 16.5. The fourth-order valence-electron chi connectivity index (χ4n) is 2.35. The number of carboxylic acids is 1. The molecule has 1 N–H and O–H groups in total. The maximum atomic E-state index is 11.2. The Balaban J connectivity index is 2.08. The summed E-state index contributed by atoms with van der Waals surface area (Å²) in [6, 6.07) is 7.52. The van der Waals surface area contributed by atoms with E-state index in [1.807, 2.05) is 25.1 Å². The van der Waals surface area contributed by atoms with E-state index in [1.165, 1.54) is 0 Å². The second-order valence-corrected chi connectivity index (χ2v) is 4.28. The minimum absolute atomic E-state index is 0.0129. The first-order valence-corrected chi connectivity index (χ1v) is 5.47. The lowest BCUT2D eigenvalue weighted by atomic mass is 10.00. The van der Waals surface area contributed by atoms with Crippen molar-refractivity contribution in [2.75, 3.05) is 0 Å². The van der Waals surface area contributed by atoms with Gasteiger partial charge in [-0.05, 0) is 13.0 Å². The van der Waals surface area contributed by atoms with E-state index < -0.39 is 12.2 Å². The molecule has 0 aliphatic carbocycles. The summed E-state index contributed by atoms with van der Waals surface area (Å²) in [5.41, 5.74) is 1.94. The van der Waals surface area contributed by atoms with Gasteiger partial charge in [0.1, 0.15) is 5.75 Å². The van der Waals surface area contributed by atoms with Crippen LogP contribution in [0.3, 0.4) is 0 Å². The molecule has 0 saturated heterocycles. The molecular formula is C12H12N2O3. The maximum Gasteiger partial charge on any atom is 0.368 e. The van der Waals surface area contributed by atoms with E-state index in [-0.39, 0.29) is 6.04 Å². The maximum absolute atomic E-state index is 11.2. The van der Waals surface area contributed by atoms with Gasteiger partial charge in [-0.1, -0.05) is 18.2 Å². The van der Waals surface area contributed by atoms with Crippen molar-refractivity contribution in [3.05, 3.63) is 29.8 Å². The Hall–Kier alpha value is -2.04. The van der Waals surface area contributed by atoms with Crippen LogP contribution in [-0.4, -0.2) is 28.0 Å². The number of aliphatic carboxylic acids is 1. The van der Waals surface area contributed by atoms with Crippen LogP contribution in [0.1, 0.15) is 24.9 Å². The summed E-state index contributed by atoms with van der Waals surface area (Å²) in [6.07, 6.45) is -0.267. The van der Waals surface area contributed by atoms with Gasteiger partial charge in [-0.3, -0.25) is 0 Å². The van der Waals surface area contributed by atoms with Crippen molar-refractivity contribution < 1.29 is 14.6 Å². The van der Waals surface area contributed by atoms with Gasteiger partial charge in [0.05, 0.1) is 6.04 Å². The average molecular weight is 232 g/mol. The Morgan fingerprint density at radius 3 is 3.06 bits per heavy atom. The van der Waals surface area contributed by atoms with Crippen molar-refractivity contribution in [1.82, 2.24) is 5.01 Å². The molecule has 17 heavy (non-hydrogen) atoms. The number of benzene rings is 1. The highest BCUT2D eigenvalue weighted by molar-refractivity contribution is 5.85. The number of hydrogen-bond acceptors (Lipinski definition) is 4. The summed E-state index contributed by atoms with van der Waals surface area (Å²) >= 11 is 0. The van der Waals surface area contributed by atoms with Crippen molar-refractivity contribution in [3.8, 4) is 5.75 Å². The van der Waals surface area contributed by atoms with Crippen molar-refractivity contribution in [2.45, 2.75) is 25.6 Å². The third-order valence-electron chi connectivity index (χ3n) is 3.06. The molecule has 0 saturated carbocycles. The molecule has 1 aromatic carbocycles. The molecule has 0 unspecified atom stereocenters. The quantitative estimate of drug-likeness (QED) is 0.799. The molecule has 5 heteroatoms. The minimum atomic E-state index is -1.02. The molecule has 0 aromatic heterocycles. The second-order valence-electron chi connectivity index (χ2n) is 4.28. The molecule has 0 radical (unpaired) electrons. The SMILES string of the molecule is CC1=NN2[C@H](C(=O)O)Oc3ccccc3[C@@H]2C1. The molecule has 3 rings (SSSR count). The molecule has 2 aliphatic rings. The van der Waals surface area contributed by atoms with Gasteiger partial charge in [0, 0.05) is 17.7 Å². The first-order valence-electron chi connectivity index (χ1n) is 5.47. The highest BCUT2D eigenvalue weighted by Gasteiger charge is 2.42. The zero-order valence-corrected chi connectivity index (χ0v) is 9.33. The molecule has 2 aliphatic heterocycles. The predicted molar refractivity (Wildman–Crippen MR) is 60.8 cm³/mol. The number of para-hydroxylation sites is 1. The smallest absolute Gasteiger partial charge is 0.368 e. The topological polar surface area (TPSA) is 62.1 Å². The number of fused-ring (bicyclic) bond motifs is 3. The predicted octanol–water partition coefficient (Wildman–Crippen LogP) is 1.61. The number of rotatable bonds is 1. The first-order chi connectivity index (χ1) is 8.16. The van der Waals surface area contributed by atoms with E-state index in [9.17, 15) is 4.79 Å². The standard InChI is InChI=1S/C12H12N2O3/c1-7-6-9-8-4-2-3-5-10(8)17-11(12(15)16)14(9)13-7/h2-5,9,11H,6H2,1H3,(H,15,16)/t9-,11-/m0/s1. The molecule has 2 atom stereocenters. The Morgan fingerprint density at radius 1 is 1.53 bits per heavy atom. The molecule has 88 valence electrons. The van der Waals surface area contributed by atoms with Gasteiger partial charge in [-0.2, -0.15) is 5.10 Å². The zero-order valence-electron chi connectivity index (χ0n) is 9.33. The van der Waals surface area contributed by atoms with Crippen LogP contribution in [0.25, 0.3) is 0 Å². The molecular weight excluding hydrogens is 220 g/mol. The molecule has 5 nitrogen and oxygen atoms in total. The van der Waals surface area contributed by atoms with Crippen molar-refractivity contribution in [3.63, 3.8) is 0 Å². The monoisotopic (exact) mass is 232 g/mol. The Morgan fingerprint density at radius 2 is 2.29 bits per heavy atom. The normalized spacial score (nSPS) is 25.7. The summed E-state index contributed by atoms with van der Waals surface area (Å²) in [5, 5.41) is 15.0. The number of hydrogen-bond donors (Lipinski definition) is 1. The summed E-state index contributed by atoms with van der Waals surface area (Å²) in [7, 11) is 0. The number of hydrazone groups is 1. The molecule has 0 spiro atoms. The van der Waals surface area contributed by atoms with Gasteiger partial charge in [-0.15, -0.1) is 0 Å². The van der Waals surface area contributed by atoms with Crippen LogP contribution in [0.4, 0.5) is 0 Å². The van der Waals surface area contributed by atoms with Crippen molar-refractivity contribution in [2.24, 2.45) is 5.10 Å². The minimum Gasteiger partial charge on any atom is -0.477 e. The van der Waals surface area contributed by atoms with Gasteiger partial charge in [0.25, 0.3) is 6.23 Å². The van der Waals surface area contributed by atoms with E-state index in [4.69, 9.17) is 9.84 Å². The largest absolute Gasteiger partial charge is 0.477 e. The average Bonchev–Trinajstić information content (AvgIpc) is 2.69. The summed E-state index contributed by atoms with van der Waals surface area (Å²) in [6.45, 7) is 1.90. The lowest BCUT2D eigenvalue weighted by molar-refractivity contribution is -0.158. The molecule has 2 heterocycles. The van der Waals surface area contributed by atoms with Crippen LogP contribution in [0, 0.1) is 0 Å². The van der Waals surface area contributed by atoms with E-state index in [0.717, 1.165) is 17.7 Å². The molecule has 1 aromatic rings. The molecule has 0 fully saturated rings. The van der Waals surface area contributed by atoms with Gasteiger partial charge < -0.3 is 9.84 Å². The highest BCUT2D eigenvalue weighted by Crippen LogP contribution is 2.41. The van der Waals surface area contributed by atoms with E-state index in [1.54, 1.807) is 11.1 Å². The van der Waals surface area contributed by atoms with E-state index in [0.29, 0.717) is 5.75 Å². The Kier molecular flexibility index (Phi) is 2.07. The van der Waals surface area contributed by atoms with Gasteiger partial charge >= 0.3 is 5.97 Å². The summed E-state index contributed by atoms with van der Waals surface area (Å²) < 4.78 is 5.47. The Labute approximate surface area is 98.3 Å². The fourth-order valence-corrected chi connectivity index (χ4v) is 2.35. The fraction of sp³-hybridized carbons (Fsp3) is 0.333. The van der Waals surface area contributed by atoms with Gasteiger partial charge in [-0.25, -0.2) is 9.80 Å². The van der Waals surface area contributed by atoms with Crippen LogP contribution < -0.4 is 4.74 Å². The number of carbonyl (C=O) groups is 1. The van der Waals surface area contributed by atoms with Crippen LogP contribution in [0.5, 0.6) is 5.75 Å². The first kappa shape index (κ1) is 10.1. The summed E-state index contributed by atoms with van der Waals surface area (Å²) in [5.74, 6) is -0.367. The summed E-state index contributed by atoms with van der Waals surface area (Å²) in [4.78, 5) is 11.2. The van der Waals surface area contributed by atoms with Crippen LogP contribution >= 0.6 is 0 Å². The lowest BCUT2D eigenvalue weighted by Gasteiger charge is -2.35. The third kappa shape index (κ3) is 1.46. The van der Waals surface area contributed by atoms with Crippen LogP contribution in [0.2, 0.25) is 0 Å². The lowest BCUT2D eigenvalue weighted by Crippen LogP contribution is -2.45. The van der Waals surface area contributed by atoms with Crippen LogP contribution in [-0.2, 0) is 4.79 Å². The van der Waals surface area contributed by atoms with E-state index in [2.05, 4.69) is 5.10 Å². The number of ether oxygens (including phenoxy) is 1. The van der Waals surface area contributed by atoms with Crippen LogP contribution in [0.15, 0.2) is 29.4 Å². The number of nitrogens with zero attached hydrogens (tertiary/aromatic N) is 2. The van der Waals surface area contributed by atoms with Gasteiger partial charge in [0.2, 0.25) is 0 Å². The second kappa shape index (κ2) is 3.48.